The van der Waals surface area contributed by atoms with Gasteiger partial charge in [-0.15, -0.1) is 11.8 Å². The fourth-order valence-electron chi connectivity index (χ4n) is 2.61. The van der Waals surface area contributed by atoms with Crippen LogP contribution < -0.4 is 0 Å². The van der Waals surface area contributed by atoms with Crippen molar-refractivity contribution in [3.8, 4) is 0 Å². The third kappa shape index (κ3) is 5.76. The lowest BCUT2D eigenvalue weighted by Gasteiger charge is -2.33. The van der Waals surface area contributed by atoms with Crippen molar-refractivity contribution in [3.63, 3.8) is 0 Å². The first-order valence-corrected chi connectivity index (χ1v) is 9.37. The van der Waals surface area contributed by atoms with E-state index in [-0.39, 0.29) is 6.09 Å². The molecule has 1 aliphatic rings. The van der Waals surface area contributed by atoms with Crippen LogP contribution in [0.25, 0.3) is 0 Å². The lowest BCUT2D eigenvalue weighted by atomic mass is 10.0. The molecule has 1 aliphatic heterocycles. The number of ether oxygens (including phenoxy) is 1. The van der Waals surface area contributed by atoms with Crippen molar-refractivity contribution in [1.29, 1.82) is 0 Å². The van der Waals surface area contributed by atoms with Crippen molar-refractivity contribution >= 4 is 17.9 Å². The normalized spacial score (nSPS) is 16.7. The highest BCUT2D eigenvalue weighted by Crippen LogP contribution is 2.31. The van der Waals surface area contributed by atoms with Gasteiger partial charge in [-0.25, -0.2) is 4.79 Å². The highest BCUT2D eigenvalue weighted by molar-refractivity contribution is 8.00. The lowest BCUT2D eigenvalue weighted by molar-refractivity contribution is 0.0219. The number of hydrogen-bond acceptors (Lipinski definition) is 3. The highest BCUT2D eigenvalue weighted by atomic mass is 32.2. The number of nitrogens with zero attached hydrogens (tertiary/aromatic N) is 1. The van der Waals surface area contributed by atoms with Gasteiger partial charge in [-0.2, -0.15) is 0 Å². The first kappa shape index (κ1) is 18.2. The van der Waals surface area contributed by atoms with Crippen LogP contribution in [0.2, 0.25) is 0 Å². The maximum absolute atomic E-state index is 12.1. The number of hydrogen-bond donors (Lipinski definition) is 0. The Bertz CT molecular complexity index is 511. The van der Waals surface area contributed by atoms with Crippen LogP contribution in [-0.2, 0) is 4.74 Å². The number of piperidine rings is 1. The van der Waals surface area contributed by atoms with E-state index in [4.69, 9.17) is 4.74 Å². The molecular formula is C19H29NO2S. The van der Waals surface area contributed by atoms with Crippen LogP contribution in [0.1, 0.15) is 58.9 Å². The van der Waals surface area contributed by atoms with Gasteiger partial charge >= 0.3 is 6.09 Å². The summed E-state index contributed by atoms with van der Waals surface area (Å²) in [6.07, 6.45) is 1.87. The summed E-state index contributed by atoms with van der Waals surface area (Å²) >= 11 is 1.93. The van der Waals surface area contributed by atoms with Gasteiger partial charge in [0.15, 0.2) is 0 Å². The van der Waals surface area contributed by atoms with E-state index in [0.29, 0.717) is 11.2 Å². The Morgan fingerprint density at radius 2 is 1.74 bits per heavy atom. The summed E-state index contributed by atoms with van der Waals surface area (Å²) < 4.78 is 5.45. The molecule has 0 atom stereocenters. The lowest BCUT2D eigenvalue weighted by Crippen LogP contribution is -2.42. The molecule has 0 N–H and O–H groups in total. The minimum Gasteiger partial charge on any atom is -0.444 e. The van der Waals surface area contributed by atoms with Crippen LogP contribution in [-0.4, -0.2) is 34.9 Å². The standard InChI is InChI=1S/C19H29NO2S/c1-14(2)15-6-8-16(9-7-15)23-17-10-12-20(13-11-17)18(21)22-19(3,4)5/h6-9,14,17H,10-13H2,1-5H3. The molecule has 0 bridgehead atoms. The van der Waals surface area contributed by atoms with E-state index in [2.05, 4.69) is 38.1 Å². The third-order valence-corrected chi connectivity index (χ3v) is 5.29. The Morgan fingerprint density at radius 1 is 1.17 bits per heavy atom. The molecule has 1 amide bonds. The molecule has 128 valence electrons. The maximum Gasteiger partial charge on any atom is 0.410 e. The van der Waals surface area contributed by atoms with Gasteiger partial charge < -0.3 is 9.64 Å². The summed E-state index contributed by atoms with van der Waals surface area (Å²) in [6.45, 7) is 11.7. The van der Waals surface area contributed by atoms with Crippen molar-refractivity contribution in [1.82, 2.24) is 4.90 Å². The van der Waals surface area contributed by atoms with E-state index in [1.165, 1.54) is 10.5 Å². The van der Waals surface area contributed by atoms with E-state index in [1.807, 2.05) is 37.4 Å². The average Bonchev–Trinajstić information content (AvgIpc) is 2.46. The molecule has 1 fully saturated rings. The molecule has 0 radical (unpaired) electrons. The number of carbonyl (C=O) groups excluding carboxylic acids is 1. The van der Waals surface area contributed by atoms with Gasteiger partial charge in [0.05, 0.1) is 0 Å². The molecule has 1 aromatic carbocycles. The van der Waals surface area contributed by atoms with E-state index in [9.17, 15) is 4.79 Å². The minimum absolute atomic E-state index is 0.178. The minimum atomic E-state index is -0.416. The predicted octanol–water partition coefficient (Wildman–Crippen LogP) is 5.30. The summed E-state index contributed by atoms with van der Waals surface area (Å²) in [7, 11) is 0. The van der Waals surface area contributed by atoms with E-state index in [0.717, 1.165) is 25.9 Å². The predicted molar refractivity (Wildman–Crippen MR) is 97.2 cm³/mol. The van der Waals surface area contributed by atoms with Gasteiger partial charge in [-0.1, -0.05) is 26.0 Å². The fourth-order valence-corrected chi connectivity index (χ4v) is 3.73. The Hall–Kier alpha value is -1.16. The van der Waals surface area contributed by atoms with E-state index in [1.54, 1.807) is 0 Å². The number of likely N-dealkylation sites (tertiary alicyclic amines) is 1. The van der Waals surface area contributed by atoms with Gasteiger partial charge in [-0.3, -0.25) is 0 Å². The van der Waals surface area contributed by atoms with E-state index >= 15 is 0 Å². The molecular weight excluding hydrogens is 306 g/mol. The van der Waals surface area contributed by atoms with Crippen molar-refractivity contribution < 1.29 is 9.53 Å². The SMILES string of the molecule is CC(C)c1ccc(SC2CCN(C(=O)OC(C)(C)C)CC2)cc1. The summed E-state index contributed by atoms with van der Waals surface area (Å²) in [5, 5.41) is 0.582. The average molecular weight is 336 g/mol. The molecule has 0 aromatic heterocycles. The van der Waals surface area contributed by atoms with Crippen molar-refractivity contribution in [2.75, 3.05) is 13.1 Å². The Kier molecular flexibility index (Phi) is 6.01. The zero-order valence-corrected chi connectivity index (χ0v) is 15.8. The zero-order chi connectivity index (χ0) is 17.0. The molecule has 4 heteroatoms. The Balaban J connectivity index is 1.81. The molecule has 2 rings (SSSR count). The maximum atomic E-state index is 12.1. The third-order valence-electron chi connectivity index (χ3n) is 3.94. The summed E-state index contributed by atoms with van der Waals surface area (Å²) in [4.78, 5) is 15.2. The molecule has 23 heavy (non-hydrogen) atoms. The van der Waals surface area contributed by atoms with Crippen LogP contribution >= 0.6 is 11.8 Å². The molecule has 1 aromatic rings. The largest absolute Gasteiger partial charge is 0.444 e. The summed E-state index contributed by atoms with van der Waals surface area (Å²) in [5.41, 5.74) is 0.968. The second-order valence-corrected chi connectivity index (χ2v) is 8.88. The molecule has 0 unspecified atom stereocenters. The Morgan fingerprint density at radius 3 is 2.22 bits per heavy atom. The van der Waals surface area contributed by atoms with E-state index < -0.39 is 5.60 Å². The van der Waals surface area contributed by atoms with Gasteiger partial charge in [0, 0.05) is 23.2 Å². The van der Waals surface area contributed by atoms with Gasteiger partial charge in [0.2, 0.25) is 0 Å². The molecule has 0 spiro atoms. The number of benzene rings is 1. The number of thioether (sulfide) groups is 1. The highest BCUT2D eigenvalue weighted by Gasteiger charge is 2.27. The van der Waals surface area contributed by atoms with Crippen molar-refractivity contribution in [3.05, 3.63) is 29.8 Å². The summed E-state index contributed by atoms with van der Waals surface area (Å²) in [5.74, 6) is 0.575. The van der Waals surface area contributed by atoms with Gasteiger partial charge in [0.1, 0.15) is 5.60 Å². The van der Waals surface area contributed by atoms with Gasteiger partial charge in [-0.05, 0) is 57.2 Å². The number of amides is 1. The quantitative estimate of drug-likeness (QED) is 0.750. The molecule has 1 saturated heterocycles. The second kappa shape index (κ2) is 7.61. The fraction of sp³-hybridized carbons (Fsp3) is 0.632. The van der Waals surface area contributed by atoms with Crippen LogP contribution in [0, 0.1) is 0 Å². The Labute approximate surface area is 144 Å². The smallest absolute Gasteiger partial charge is 0.410 e. The molecule has 1 heterocycles. The number of carbonyl (C=O) groups is 1. The second-order valence-electron chi connectivity index (χ2n) is 7.51. The molecule has 0 aliphatic carbocycles. The zero-order valence-electron chi connectivity index (χ0n) is 15.0. The van der Waals surface area contributed by atoms with Crippen LogP contribution in [0.4, 0.5) is 4.79 Å². The van der Waals surface area contributed by atoms with Crippen LogP contribution in [0.5, 0.6) is 0 Å². The van der Waals surface area contributed by atoms with Crippen molar-refractivity contribution in [2.45, 2.75) is 69.1 Å². The van der Waals surface area contributed by atoms with Gasteiger partial charge in [0.25, 0.3) is 0 Å². The number of rotatable bonds is 3. The van der Waals surface area contributed by atoms with Crippen LogP contribution in [0.3, 0.4) is 0 Å². The molecule has 0 saturated carbocycles. The van der Waals surface area contributed by atoms with Crippen molar-refractivity contribution in [2.24, 2.45) is 0 Å². The van der Waals surface area contributed by atoms with Crippen LogP contribution in [0.15, 0.2) is 29.2 Å². The first-order valence-electron chi connectivity index (χ1n) is 8.49. The monoisotopic (exact) mass is 335 g/mol. The topological polar surface area (TPSA) is 29.5 Å². The first-order chi connectivity index (χ1) is 10.7. The summed E-state index contributed by atoms with van der Waals surface area (Å²) in [6, 6.07) is 8.89. The molecule has 3 nitrogen and oxygen atoms in total.